The number of benzene rings is 3. The maximum atomic E-state index is 14.2. The van der Waals surface area contributed by atoms with Gasteiger partial charge in [-0.1, -0.05) is 78.1 Å². The first-order valence-corrected chi connectivity index (χ1v) is 16.1. The Morgan fingerprint density at radius 1 is 0.927 bits per heavy atom. The quantitative estimate of drug-likeness (QED) is 0.253. The molecule has 3 aromatic rings. The Morgan fingerprint density at radius 3 is 2.20 bits per heavy atom. The van der Waals surface area contributed by atoms with Crippen LogP contribution in [0.15, 0.2) is 66.7 Å². The van der Waals surface area contributed by atoms with Gasteiger partial charge in [-0.05, 0) is 67.3 Å². The topological polar surface area (TPSA) is 86.8 Å². The van der Waals surface area contributed by atoms with Crippen molar-refractivity contribution in [2.24, 2.45) is 0 Å². The van der Waals surface area contributed by atoms with Crippen LogP contribution in [0.3, 0.4) is 0 Å². The van der Waals surface area contributed by atoms with Crippen LogP contribution >= 0.6 is 34.8 Å². The molecular weight excluding hydrogens is 605 g/mol. The summed E-state index contributed by atoms with van der Waals surface area (Å²) in [6, 6.07) is 18.0. The van der Waals surface area contributed by atoms with E-state index < -0.39 is 28.5 Å². The lowest BCUT2D eigenvalue weighted by Crippen LogP contribution is -2.54. The fourth-order valence-electron chi connectivity index (χ4n) is 4.32. The Balaban J connectivity index is 2.10. The van der Waals surface area contributed by atoms with E-state index in [2.05, 4.69) is 5.32 Å². The van der Waals surface area contributed by atoms with Crippen LogP contribution in [0.1, 0.15) is 37.0 Å². The lowest BCUT2D eigenvalue weighted by Gasteiger charge is -2.34. The van der Waals surface area contributed by atoms with Gasteiger partial charge < -0.3 is 10.2 Å². The van der Waals surface area contributed by atoms with E-state index in [0.717, 1.165) is 16.1 Å². The summed E-state index contributed by atoms with van der Waals surface area (Å²) in [6.45, 7) is 5.03. The monoisotopic (exact) mass is 637 g/mol. The molecule has 0 saturated heterocycles. The predicted molar refractivity (Wildman–Crippen MR) is 167 cm³/mol. The van der Waals surface area contributed by atoms with Gasteiger partial charge in [0.25, 0.3) is 0 Å². The molecule has 1 N–H and O–H groups in total. The molecule has 0 spiro atoms. The van der Waals surface area contributed by atoms with Gasteiger partial charge in [0.05, 0.1) is 22.0 Å². The molecule has 3 rings (SSSR count). The van der Waals surface area contributed by atoms with Crippen LogP contribution in [0.25, 0.3) is 0 Å². The summed E-state index contributed by atoms with van der Waals surface area (Å²) in [5.41, 5.74) is 2.39. The number of amides is 2. The number of hydrogen-bond donors (Lipinski definition) is 1. The molecule has 0 bridgehead atoms. The number of halogens is 3. The molecule has 0 aliphatic carbocycles. The first kappa shape index (κ1) is 32.7. The lowest BCUT2D eigenvalue weighted by atomic mass is 10.0. The molecule has 2 atom stereocenters. The number of hydrogen-bond acceptors (Lipinski definition) is 4. The maximum Gasteiger partial charge on any atom is 0.244 e. The molecule has 0 radical (unpaired) electrons. The average Bonchev–Trinajstić information content (AvgIpc) is 2.91. The second-order valence-corrected chi connectivity index (χ2v) is 13.2. The van der Waals surface area contributed by atoms with Crippen molar-refractivity contribution in [1.29, 1.82) is 0 Å². The highest BCUT2D eigenvalue weighted by atomic mass is 35.5. The van der Waals surface area contributed by atoms with Gasteiger partial charge in [-0.25, -0.2) is 8.42 Å². The highest BCUT2D eigenvalue weighted by molar-refractivity contribution is 7.92. The van der Waals surface area contributed by atoms with E-state index in [9.17, 15) is 18.0 Å². The SMILES string of the molecule is CCC(C)NC(=O)C(Cc1ccccc1)N(Cc1ccc(Cl)c(Cl)c1)C(=O)CN(c1ccc(Cl)cc1C)S(C)(=O)=O. The average molecular weight is 639 g/mol. The van der Waals surface area contributed by atoms with E-state index in [4.69, 9.17) is 34.8 Å². The second-order valence-electron chi connectivity index (χ2n) is 9.99. The van der Waals surface area contributed by atoms with Gasteiger partial charge in [-0.15, -0.1) is 0 Å². The number of aryl methyl sites for hydroxylation is 1. The van der Waals surface area contributed by atoms with Crippen molar-refractivity contribution in [3.63, 3.8) is 0 Å². The largest absolute Gasteiger partial charge is 0.352 e. The first-order chi connectivity index (χ1) is 19.3. The Kier molecular flexibility index (Phi) is 11.5. The molecule has 41 heavy (non-hydrogen) atoms. The fraction of sp³-hybridized carbons (Fsp3) is 0.333. The van der Waals surface area contributed by atoms with Crippen molar-refractivity contribution >= 4 is 62.3 Å². The lowest BCUT2D eigenvalue weighted by molar-refractivity contribution is -0.140. The molecule has 0 saturated carbocycles. The third-order valence-electron chi connectivity index (χ3n) is 6.72. The van der Waals surface area contributed by atoms with Crippen LogP contribution in [0.5, 0.6) is 0 Å². The van der Waals surface area contributed by atoms with Crippen molar-refractivity contribution < 1.29 is 18.0 Å². The zero-order valence-electron chi connectivity index (χ0n) is 23.4. The Bertz CT molecular complexity index is 1490. The van der Waals surface area contributed by atoms with Gasteiger partial charge in [-0.3, -0.25) is 13.9 Å². The number of sulfonamides is 1. The van der Waals surface area contributed by atoms with E-state index in [1.165, 1.54) is 4.90 Å². The Morgan fingerprint density at radius 2 is 1.61 bits per heavy atom. The van der Waals surface area contributed by atoms with Crippen LogP contribution in [0, 0.1) is 6.92 Å². The summed E-state index contributed by atoms with van der Waals surface area (Å²) in [7, 11) is -3.89. The number of rotatable bonds is 12. The smallest absolute Gasteiger partial charge is 0.244 e. The van der Waals surface area contributed by atoms with Crippen LogP contribution in [0.4, 0.5) is 5.69 Å². The van der Waals surface area contributed by atoms with Crippen molar-refractivity contribution in [2.45, 2.75) is 52.2 Å². The maximum absolute atomic E-state index is 14.2. The van der Waals surface area contributed by atoms with Gasteiger partial charge >= 0.3 is 0 Å². The van der Waals surface area contributed by atoms with Crippen molar-refractivity contribution in [3.05, 3.63) is 98.5 Å². The summed E-state index contributed by atoms with van der Waals surface area (Å²) in [6.07, 6.45) is 1.95. The van der Waals surface area contributed by atoms with Crippen molar-refractivity contribution in [3.8, 4) is 0 Å². The van der Waals surface area contributed by atoms with E-state index in [1.807, 2.05) is 44.2 Å². The number of nitrogens with one attached hydrogen (secondary N) is 1. The number of anilines is 1. The molecule has 0 aliphatic rings. The molecule has 11 heteroatoms. The third-order valence-corrected chi connectivity index (χ3v) is 8.82. The Hall–Kier alpha value is -2.78. The van der Waals surface area contributed by atoms with Crippen molar-refractivity contribution in [1.82, 2.24) is 10.2 Å². The molecule has 0 fully saturated rings. The molecule has 2 amide bonds. The molecule has 0 aliphatic heterocycles. The number of carbonyl (C=O) groups is 2. The highest BCUT2D eigenvalue weighted by Crippen LogP contribution is 2.27. The minimum absolute atomic E-state index is 0.00164. The van der Waals surface area contributed by atoms with E-state index >= 15 is 0 Å². The van der Waals surface area contributed by atoms with Gasteiger partial charge in [0.2, 0.25) is 21.8 Å². The first-order valence-electron chi connectivity index (χ1n) is 13.1. The van der Waals surface area contributed by atoms with Crippen molar-refractivity contribution in [2.75, 3.05) is 17.1 Å². The molecule has 0 heterocycles. The molecule has 2 unspecified atom stereocenters. The fourth-order valence-corrected chi connectivity index (χ4v) is 5.78. The summed E-state index contributed by atoms with van der Waals surface area (Å²) in [5, 5.41) is 4.09. The number of nitrogens with zero attached hydrogens (tertiary/aromatic N) is 2. The Labute approximate surface area is 257 Å². The van der Waals surface area contributed by atoms with Gasteiger partial charge in [0, 0.05) is 24.0 Å². The van der Waals surface area contributed by atoms with Crippen LogP contribution in [0.2, 0.25) is 15.1 Å². The molecule has 3 aromatic carbocycles. The normalized spacial score (nSPS) is 12.9. The minimum atomic E-state index is -3.89. The summed E-state index contributed by atoms with van der Waals surface area (Å²) >= 11 is 18.5. The van der Waals surface area contributed by atoms with Crippen LogP contribution in [-0.4, -0.2) is 50.0 Å². The minimum Gasteiger partial charge on any atom is -0.352 e. The molecule has 220 valence electrons. The summed E-state index contributed by atoms with van der Waals surface area (Å²) < 4.78 is 27.0. The predicted octanol–water partition coefficient (Wildman–Crippen LogP) is 6.28. The second kappa shape index (κ2) is 14.4. The van der Waals surface area contributed by atoms with Gasteiger partial charge in [-0.2, -0.15) is 0 Å². The molecule has 7 nitrogen and oxygen atoms in total. The van der Waals surface area contributed by atoms with E-state index in [-0.39, 0.29) is 24.9 Å². The highest BCUT2D eigenvalue weighted by Gasteiger charge is 2.33. The van der Waals surface area contributed by atoms with Crippen LogP contribution in [-0.2, 0) is 32.6 Å². The van der Waals surface area contributed by atoms with E-state index in [0.29, 0.717) is 38.3 Å². The summed E-state index contributed by atoms with van der Waals surface area (Å²) in [5.74, 6) is -0.902. The zero-order chi connectivity index (χ0) is 30.3. The zero-order valence-corrected chi connectivity index (χ0v) is 26.5. The molecule has 0 aromatic heterocycles. The van der Waals surface area contributed by atoms with Gasteiger partial charge in [0.15, 0.2) is 0 Å². The van der Waals surface area contributed by atoms with Gasteiger partial charge in [0.1, 0.15) is 12.6 Å². The van der Waals surface area contributed by atoms with Crippen LogP contribution < -0.4 is 9.62 Å². The third kappa shape index (κ3) is 9.10. The summed E-state index contributed by atoms with van der Waals surface area (Å²) in [4.78, 5) is 29.3. The number of carbonyl (C=O) groups excluding carboxylic acids is 2. The molecular formula is C30H34Cl3N3O4S. The van der Waals surface area contributed by atoms with E-state index in [1.54, 1.807) is 43.3 Å². The standard InChI is InChI=1S/C30H34Cl3N3O4S/c1-5-21(3)34-30(38)28(17-22-9-7-6-8-10-22)35(18-23-11-13-25(32)26(33)16-23)29(37)19-36(41(4,39)40)27-14-12-24(31)15-20(27)2/h6-16,21,28H,5,17-19H2,1-4H3,(H,34,38).